The van der Waals surface area contributed by atoms with Gasteiger partial charge in [-0.25, -0.2) is 0 Å². The summed E-state index contributed by atoms with van der Waals surface area (Å²) < 4.78 is 5.01. The van der Waals surface area contributed by atoms with E-state index in [0.29, 0.717) is 0 Å². The van der Waals surface area contributed by atoms with Crippen LogP contribution >= 0.6 is 323 Å². The number of rotatable bonds is 32. The van der Waals surface area contributed by atoms with Crippen LogP contribution in [0.1, 0.15) is 0 Å². The van der Waals surface area contributed by atoms with Crippen LogP contribution in [0.15, 0.2) is 0 Å². The molecule has 37 heteroatoms. The van der Waals surface area contributed by atoms with Gasteiger partial charge in [0.25, 0.3) is 0 Å². The van der Waals surface area contributed by atoms with Gasteiger partial charge in [-0.05, 0) is 101 Å². The van der Waals surface area contributed by atoms with Gasteiger partial charge >= 0.3 is 0 Å². The minimum absolute atomic E-state index is 1.44. The molecule has 0 saturated carbocycles. The summed E-state index contributed by atoms with van der Waals surface area (Å²) in [5.41, 5.74) is 0. The van der Waals surface area contributed by atoms with Crippen molar-refractivity contribution in [1.82, 2.24) is 0 Å². The first-order valence-corrected chi connectivity index (χ1v) is 52.8. The first kappa shape index (κ1) is 49.5. The molecule has 0 heterocycles. The van der Waals surface area contributed by atoms with E-state index in [2.05, 4.69) is 17.9 Å². The van der Waals surface area contributed by atoms with Crippen molar-refractivity contribution in [3.63, 3.8) is 0 Å². The Morgan fingerprint density at radius 1 is 0.351 bits per heavy atom. The van der Waals surface area contributed by atoms with Crippen LogP contribution in [0, 0.1) is 0 Å². The van der Waals surface area contributed by atoms with Gasteiger partial charge < -0.3 is 0 Å². The Kier molecular flexibility index (Phi) is 57.3. The van der Waals surface area contributed by atoms with Gasteiger partial charge in [0.1, 0.15) is 0 Å². The van der Waals surface area contributed by atoms with Gasteiger partial charge in [-0.2, -0.15) is 0 Å². The highest BCUT2D eigenvalue weighted by Gasteiger charge is 2.04. The Bertz CT molecular complexity index is 514. The zero-order valence-corrected chi connectivity index (χ0v) is 45.5. The lowest BCUT2D eigenvalue weighted by atomic mass is 15.9. The summed E-state index contributed by atoms with van der Waals surface area (Å²) in [6.07, 6.45) is 0. The van der Waals surface area contributed by atoms with E-state index in [1.54, 1.807) is 128 Å². The van der Waals surface area contributed by atoms with Crippen LogP contribution < -0.4 is 0 Å². The molecule has 37 heavy (non-hydrogen) atoms. The van der Waals surface area contributed by atoms with Crippen molar-refractivity contribution in [1.29, 1.82) is 0 Å². The van der Waals surface area contributed by atoms with Gasteiger partial charge in [-0.3, -0.25) is 3.97 Å². The standard InChI is InChI=1S/H4OP2S34/c2-1-37(4,5)36-35-34-33-32-31-30-29-28-27-26-25-24-23-22-21-20-19-18-17-16-15-14-13-12-11-10-9-8-7-6-3/h2-3H2. The normalized spacial score (nSPS) is 11.9. The Morgan fingerprint density at radius 2 is 0.541 bits per heavy atom. The summed E-state index contributed by atoms with van der Waals surface area (Å²) in [5.74, 6) is 0. The molecule has 0 aliphatic carbocycles. The molecule has 0 rings (SSSR count). The number of hydrogen-bond acceptors (Lipinski definition) is 34. The zero-order chi connectivity index (χ0) is 27.1. The highest BCUT2D eigenvalue weighted by atomic mass is 34.1. The molecule has 0 amide bonds. The predicted molar refractivity (Wildman–Crippen MR) is 278 cm³/mol. The summed E-state index contributed by atoms with van der Waals surface area (Å²) in [6, 6.07) is 0. The summed E-state index contributed by atoms with van der Waals surface area (Å²) in [6.45, 7) is -1.83. The largest absolute Gasteiger partial charge is 0.285 e. The fourth-order valence-corrected chi connectivity index (χ4v) is 88.8. The first-order chi connectivity index (χ1) is 18.1. The summed E-state index contributed by atoms with van der Waals surface area (Å²) in [7, 11) is 59.8. The van der Waals surface area contributed by atoms with E-state index in [1.807, 2.05) is 167 Å². The van der Waals surface area contributed by atoms with Crippen LogP contribution in [0.2, 0.25) is 0 Å². The number of hydrogen-bond donors (Lipinski definition) is 0. The molecule has 0 saturated heterocycles. The monoisotopic (exact) mass is 1170 g/mol. The van der Waals surface area contributed by atoms with E-state index in [9.17, 15) is 0 Å². The van der Waals surface area contributed by atoms with E-state index >= 15 is 0 Å². The zero-order valence-electron chi connectivity index (χ0n) is 15.4. The molecular weight excluding hydrogens is 1170 g/mol. The molecule has 0 N–H and O–H groups in total. The fraction of sp³-hybridized carbons (Fsp3) is 0. The lowest BCUT2D eigenvalue weighted by molar-refractivity contribution is 0.764. The van der Waals surface area contributed by atoms with E-state index in [-0.39, 0.29) is 0 Å². The smallest absolute Gasteiger partial charge is 0.0846 e. The lowest BCUT2D eigenvalue weighted by Gasteiger charge is -2.03. The molecule has 0 aromatic carbocycles. The van der Waals surface area contributed by atoms with E-state index in [1.165, 1.54) is 9.83 Å². The third kappa shape index (κ3) is 44.5. The maximum absolute atomic E-state index is 5.13. The molecule has 0 aromatic rings. The second-order valence-electron chi connectivity index (χ2n) is 2.64. The second-order valence-corrected chi connectivity index (χ2v) is 65.9. The average molecular weight is 1170 g/mol. The Morgan fingerprint density at radius 3 is 0.730 bits per heavy atom. The van der Waals surface area contributed by atoms with Gasteiger partial charge in [-0.15, -0.1) is 0 Å². The van der Waals surface area contributed by atoms with Gasteiger partial charge in [0, 0.05) is 226 Å². The van der Waals surface area contributed by atoms with Crippen molar-refractivity contribution < 1.29 is 3.97 Å². The average Bonchev–Trinajstić information content (AvgIpc) is 2.89. The minimum Gasteiger partial charge on any atom is -0.285 e. The molecule has 0 aliphatic rings. The second kappa shape index (κ2) is 42.9. The first-order valence-electron chi connectivity index (χ1n) is 6.14. The van der Waals surface area contributed by atoms with Crippen molar-refractivity contribution in [3.05, 3.63) is 0 Å². The van der Waals surface area contributed by atoms with Crippen molar-refractivity contribution in [2.75, 3.05) is 0 Å². The Labute approximate surface area is 347 Å². The SMILES string of the molecule is POS(=S)(=S)SSSSSSSSSSSSSSSSSSSSSSSSSSSSSSSP. The van der Waals surface area contributed by atoms with Gasteiger partial charge in [0.2, 0.25) is 0 Å². The molecule has 0 bridgehead atoms. The quantitative estimate of drug-likeness (QED) is 0.0359. The third-order valence-corrected chi connectivity index (χ3v) is 76.9. The van der Waals surface area contributed by atoms with Crippen molar-refractivity contribution >= 4 is 352 Å². The van der Waals surface area contributed by atoms with E-state index < -0.39 is 6.46 Å². The molecule has 0 aromatic heterocycles. The van der Waals surface area contributed by atoms with Crippen LogP contribution in [0.3, 0.4) is 0 Å². The molecular formula is H4OP2S34. The summed E-state index contributed by atoms with van der Waals surface area (Å²) in [4.78, 5) is 0. The highest BCUT2D eigenvalue weighted by Crippen LogP contribution is 2.67. The maximum Gasteiger partial charge on any atom is 0.0846 e. The van der Waals surface area contributed by atoms with Crippen LogP contribution in [0.25, 0.3) is 0 Å². The summed E-state index contributed by atoms with van der Waals surface area (Å²) in [5, 5.41) is 0. The fourth-order valence-electron chi connectivity index (χ4n) is 0.384. The van der Waals surface area contributed by atoms with Crippen LogP contribution in [-0.4, -0.2) is 0 Å². The van der Waals surface area contributed by atoms with E-state index in [0.717, 1.165) is 0 Å². The van der Waals surface area contributed by atoms with Crippen molar-refractivity contribution in [3.8, 4) is 0 Å². The highest BCUT2D eigenvalue weighted by molar-refractivity contribution is 9.61. The molecule has 2 unspecified atom stereocenters. The minimum atomic E-state index is -1.83. The predicted octanol–water partition coefficient (Wildman–Crippen LogP) is 20.7. The molecule has 0 spiro atoms. The van der Waals surface area contributed by atoms with Crippen LogP contribution in [-0.2, 0) is 32.8 Å². The van der Waals surface area contributed by atoms with E-state index in [4.69, 9.17) is 26.3 Å². The molecule has 1 nitrogen and oxygen atoms in total. The van der Waals surface area contributed by atoms with Gasteiger partial charge in [0.15, 0.2) is 0 Å². The molecule has 0 fully saturated rings. The molecule has 2 atom stereocenters. The summed E-state index contributed by atoms with van der Waals surface area (Å²) >= 11 is 10.3. The van der Waals surface area contributed by atoms with Gasteiger partial charge in [-0.1, -0.05) is 18.9 Å². The molecule has 0 radical (unpaired) electrons. The van der Waals surface area contributed by atoms with Gasteiger partial charge in [0.05, 0.1) is 6.46 Å². The molecule has 0 aliphatic heterocycles. The van der Waals surface area contributed by atoms with Crippen molar-refractivity contribution in [2.45, 2.75) is 0 Å². The third-order valence-electron chi connectivity index (χ3n) is 1.05. The van der Waals surface area contributed by atoms with Crippen LogP contribution in [0.5, 0.6) is 0 Å². The molecule has 224 valence electrons. The Balaban J connectivity index is 3.07. The Hall–Kier alpha value is 12.5. The topological polar surface area (TPSA) is 9.23 Å². The maximum atomic E-state index is 5.13. The lowest BCUT2D eigenvalue weighted by Crippen LogP contribution is -1.81. The van der Waals surface area contributed by atoms with Crippen LogP contribution in [0.4, 0.5) is 0 Å². The van der Waals surface area contributed by atoms with Crippen molar-refractivity contribution in [2.24, 2.45) is 0 Å².